The van der Waals surface area contributed by atoms with E-state index >= 15 is 0 Å². The molecule has 0 radical (unpaired) electrons. The lowest BCUT2D eigenvalue weighted by molar-refractivity contribution is -0.131. The molecular formula is C17H22ClNOS. The number of hydrogen-bond acceptors (Lipinski definition) is 2. The molecule has 1 saturated carbocycles. The summed E-state index contributed by atoms with van der Waals surface area (Å²) >= 11 is 7.93. The van der Waals surface area contributed by atoms with Crippen molar-refractivity contribution in [1.29, 1.82) is 0 Å². The van der Waals surface area contributed by atoms with Gasteiger partial charge in [0.15, 0.2) is 0 Å². The first-order valence-electron chi connectivity index (χ1n) is 7.90. The normalized spacial score (nSPS) is 22.9. The second-order valence-electron chi connectivity index (χ2n) is 6.05. The van der Waals surface area contributed by atoms with E-state index in [-0.39, 0.29) is 5.37 Å². The Kier molecular flexibility index (Phi) is 5.12. The predicted molar refractivity (Wildman–Crippen MR) is 89.6 cm³/mol. The number of nitrogens with zero attached hydrogens (tertiary/aromatic N) is 1. The van der Waals surface area contributed by atoms with Crippen molar-refractivity contribution in [3.63, 3.8) is 0 Å². The van der Waals surface area contributed by atoms with Gasteiger partial charge in [0.25, 0.3) is 0 Å². The van der Waals surface area contributed by atoms with Crippen molar-refractivity contribution < 1.29 is 4.79 Å². The Morgan fingerprint density at radius 1 is 1.33 bits per heavy atom. The van der Waals surface area contributed by atoms with E-state index in [1.165, 1.54) is 25.7 Å². The van der Waals surface area contributed by atoms with Crippen molar-refractivity contribution in [3.05, 3.63) is 34.9 Å². The zero-order valence-corrected chi connectivity index (χ0v) is 13.8. The third-order valence-electron chi connectivity index (χ3n) is 4.59. The molecule has 2 fully saturated rings. The molecule has 4 heteroatoms. The van der Waals surface area contributed by atoms with Gasteiger partial charge >= 0.3 is 0 Å². The largest absolute Gasteiger partial charge is 0.326 e. The number of carbonyl (C=O) groups is 1. The Hall–Kier alpha value is -0.670. The molecule has 1 saturated heterocycles. The van der Waals surface area contributed by atoms with Crippen molar-refractivity contribution in [2.24, 2.45) is 5.92 Å². The lowest BCUT2D eigenvalue weighted by atomic mass is 10.0. The Labute approximate surface area is 136 Å². The maximum atomic E-state index is 12.6. The molecule has 1 aliphatic heterocycles. The van der Waals surface area contributed by atoms with Crippen LogP contribution in [0, 0.1) is 5.92 Å². The lowest BCUT2D eigenvalue weighted by Gasteiger charge is -2.25. The van der Waals surface area contributed by atoms with E-state index < -0.39 is 0 Å². The van der Waals surface area contributed by atoms with Gasteiger partial charge in [0.2, 0.25) is 5.91 Å². The van der Waals surface area contributed by atoms with Crippen LogP contribution in [-0.4, -0.2) is 23.1 Å². The minimum atomic E-state index is 0.153. The van der Waals surface area contributed by atoms with Crippen LogP contribution in [0.25, 0.3) is 0 Å². The standard InChI is InChI=1S/C17H22ClNOS/c18-15-7-3-6-14(12-15)17-19(10-11-21-17)16(20)9-8-13-4-1-2-5-13/h3,6-7,12-13,17H,1-2,4-5,8-11H2/t17-/m1/s1. The molecule has 1 amide bonds. The molecule has 1 aromatic carbocycles. The van der Waals surface area contributed by atoms with E-state index in [2.05, 4.69) is 6.07 Å². The van der Waals surface area contributed by atoms with Gasteiger partial charge in [-0.2, -0.15) is 0 Å². The molecule has 1 aliphatic carbocycles. The van der Waals surface area contributed by atoms with Crippen LogP contribution in [-0.2, 0) is 4.79 Å². The average Bonchev–Trinajstić information content (AvgIpc) is 3.16. The van der Waals surface area contributed by atoms with Crippen molar-refractivity contribution in [2.45, 2.75) is 43.9 Å². The molecule has 114 valence electrons. The van der Waals surface area contributed by atoms with Crippen LogP contribution in [0.2, 0.25) is 5.02 Å². The van der Waals surface area contributed by atoms with Gasteiger partial charge in [-0.1, -0.05) is 49.4 Å². The smallest absolute Gasteiger partial charge is 0.223 e. The van der Waals surface area contributed by atoms with Crippen LogP contribution in [0.1, 0.15) is 49.5 Å². The SMILES string of the molecule is O=C(CCC1CCCC1)N1CCS[C@@H]1c1cccc(Cl)c1. The number of amides is 1. The molecule has 1 aromatic rings. The van der Waals surface area contributed by atoms with Gasteiger partial charge < -0.3 is 4.90 Å². The summed E-state index contributed by atoms with van der Waals surface area (Å²) in [5.41, 5.74) is 1.15. The number of benzene rings is 1. The third kappa shape index (κ3) is 3.75. The summed E-state index contributed by atoms with van der Waals surface area (Å²) < 4.78 is 0. The second-order valence-corrected chi connectivity index (χ2v) is 7.68. The van der Waals surface area contributed by atoms with E-state index in [0.29, 0.717) is 12.3 Å². The minimum Gasteiger partial charge on any atom is -0.326 e. The summed E-state index contributed by atoms with van der Waals surface area (Å²) in [6, 6.07) is 7.92. The molecule has 0 spiro atoms. The minimum absolute atomic E-state index is 0.153. The maximum absolute atomic E-state index is 12.6. The topological polar surface area (TPSA) is 20.3 Å². The first kappa shape index (κ1) is 15.2. The number of hydrogen-bond donors (Lipinski definition) is 0. The molecule has 0 aromatic heterocycles. The Morgan fingerprint density at radius 2 is 2.14 bits per heavy atom. The number of rotatable bonds is 4. The fraction of sp³-hybridized carbons (Fsp3) is 0.588. The Morgan fingerprint density at radius 3 is 2.90 bits per heavy atom. The van der Waals surface area contributed by atoms with Crippen LogP contribution in [0.3, 0.4) is 0 Å². The monoisotopic (exact) mass is 323 g/mol. The quantitative estimate of drug-likeness (QED) is 0.786. The molecule has 2 nitrogen and oxygen atoms in total. The Bertz CT molecular complexity index is 501. The van der Waals surface area contributed by atoms with Crippen molar-refractivity contribution >= 4 is 29.3 Å². The summed E-state index contributed by atoms with van der Waals surface area (Å²) in [4.78, 5) is 14.6. The van der Waals surface area contributed by atoms with Gasteiger partial charge in [0.05, 0.1) is 0 Å². The van der Waals surface area contributed by atoms with Crippen LogP contribution in [0.4, 0.5) is 0 Å². The van der Waals surface area contributed by atoms with Gasteiger partial charge in [-0.25, -0.2) is 0 Å². The molecular weight excluding hydrogens is 302 g/mol. The van der Waals surface area contributed by atoms with E-state index in [9.17, 15) is 4.79 Å². The predicted octanol–water partition coefficient (Wildman–Crippen LogP) is 4.88. The second kappa shape index (κ2) is 7.06. The number of thioether (sulfide) groups is 1. The van der Waals surface area contributed by atoms with Gasteiger partial charge in [-0.3, -0.25) is 4.79 Å². The molecule has 1 heterocycles. The van der Waals surface area contributed by atoms with E-state index in [1.807, 2.05) is 34.9 Å². The fourth-order valence-electron chi connectivity index (χ4n) is 3.43. The first-order chi connectivity index (χ1) is 10.2. The third-order valence-corrected chi connectivity index (χ3v) is 6.08. The van der Waals surface area contributed by atoms with Crippen LogP contribution < -0.4 is 0 Å². The zero-order chi connectivity index (χ0) is 14.7. The van der Waals surface area contributed by atoms with Gasteiger partial charge in [-0.15, -0.1) is 11.8 Å². The average molecular weight is 324 g/mol. The van der Waals surface area contributed by atoms with Crippen molar-refractivity contribution in [3.8, 4) is 0 Å². The molecule has 1 atom stereocenters. The van der Waals surface area contributed by atoms with E-state index in [1.54, 1.807) is 0 Å². The first-order valence-corrected chi connectivity index (χ1v) is 9.33. The van der Waals surface area contributed by atoms with Gasteiger partial charge in [-0.05, 0) is 30.0 Å². The van der Waals surface area contributed by atoms with Gasteiger partial charge in [0.1, 0.15) is 5.37 Å². The molecule has 0 unspecified atom stereocenters. The highest BCUT2D eigenvalue weighted by Crippen LogP contribution is 2.39. The molecule has 0 bridgehead atoms. The van der Waals surface area contributed by atoms with Crippen LogP contribution >= 0.6 is 23.4 Å². The van der Waals surface area contributed by atoms with Crippen LogP contribution in [0.5, 0.6) is 0 Å². The molecule has 21 heavy (non-hydrogen) atoms. The zero-order valence-electron chi connectivity index (χ0n) is 12.3. The summed E-state index contributed by atoms with van der Waals surface area (Å²) in [5.74, 6) is 2.12. The van der Waals surface area contributed by atoms with E-state index in [4.69, 9.17) is 11.6 Å². The highest BCUT2D eigenvalue weighted by atomic mass is 35.5. The van der Waals surface area contributed by atoms with Crippen LogP contribution in [0.15, 0.2) is 24.3 Å². The Balaban J connectivity index is 1.61. The van der Waals surface area contributed by atoms with Crippen molar-refractivity contribution in [1.82, 2.24) is 4.90 Å². The molecule has 2 aliphatic rings. The lowest BCUT2D eigenvalue weighted by Crippen LogP contribution is -2.30. The molecule has 3 rings (SSSR count). The van der Waals surface area contributed by atoms with Crippen molar-refractivity contribution in [2.75, 3.05) is 12.3 Å². The summed E-state index contributed by atoms with van der Waals surface area (Å²) in [5, 5.41) is 0.901. The number of carbonyl (C=O) groups excluding carboxylic acids is 1. The fourth-order valence-corrected chi connectivity index (χ4v) is 4.90. The van der Waals surface area contributed by atoms with E-state index in [0.717, 1.165) is 35.2 Å². The summed E-state index contributed by atoms with van der Waals surface area (Å²) in [7, 11) is 0. The summed E-state index contributed by atoms with van der Waals surface area (Å²) in [6.45, 7) is 0.866. The number of halogens is 1. The highest BCUT2D eigenvalue weighted by Gasteiger charge is 2.30. The molecule has 0 N–H and O–H groups in total. The summed E-state index contributed by atoms with van der Waals surface area (Å²) in [6.07, 6.45) is 7.12. The van der Waals surface area contributed by atoms with Gasteiger partial charge in [0, 0.05) is 23.7 Å². The maximum Gasteiger partial charge on any atom is 0.223 e. The highest BCUT2D eigenvalue weighted by molar-refractivity contribution is 7.99.